The van der Waals surface area contributed by atoms with Crippen molar-refractivity contribution in [1.29, 1.82) is 0 Å². The van der Waals surface area contributed by atoms with Crippen LogP contribution >= 0.6 is 0 Å². The molecule has 6 heteroatoms. The molecule has 6 nitrogen and oxygen atoms in total. The first-order valence-corrected chi connectivity index (χ1v) is 7.61. The summed E-state index contributed by atoms with van der Waals surface area (Å²) in [5.74, 6) is -1.47. The summed E-state index contributed by atoms with van der Waals surface area (Å²) in [5.41, 5.74) is 6.69. The van der Waals surface area contributed by atoms with Crippen molar-refractivity contribution in [1.82, 2.24) is 0 Å². The Balaban J connectivity index is 1.73. The van der Waals surface area contributed by atoms with Crippen LogP contribution in [0.15, 0.2) is 54.6 Å². The summed E-state index contributed by atoms with van der Waals surface area (Å²) in [5, 5.41) is 2.71. The lowest BCUT2D eigenvalue weighted by Crippen LogP contribution is -2.28. The molecule has 1 atom stereocenters. The lowest BCUT2D eigenvalue weighted by molar-refractivity contribution is -0.122. The van der Waals surface area contributed by atoms with Crippen LogP contribution in [0.2, 0.25) is 0 Å². The largest absolute Gasteiger partial charge is 0.366 e. The summed E-state index contributed by atoms with van der Waals surface area (Å²) in [6.45, 7) is 0.313. The number of nitrogens with zero attached hydrogens (tertiary/aromatic N) is 1. The average molecular weight is 323 g/mol. The Morgan fingerprint density at radius 2 is 1.71 bits per heavy atom. The third-order valence-electron chi connectivity index (χ3n) is 4.01. The number of anilines is 2. The minimum absolute atomic E-state index is 0.0930. The van der Waals surface area contributed by atoms with Gasteiger partial charge in [-0.2, -0.15) is 0 Å². The van der Waals surface area contributed by atoms with Crippen LogP contribution in [-0.2, 0) is 9.59 Å². The molecule has 1 saturated heterocycles. The number of amides is 3. The van der Waals surface area contributed by atoms with Crippen molar-refractivity contribution in [3.63, 3.8) is 0 Å². The third-order valence-corrected chi connectivity index (χ3v) is 4.01. The van der Waals surface area contributed by atoms with Crippen LogP contribution in [0.1, 0.15) is 16.8 Å². The molecule has 2 aromatic carbocycles. The number of carbonyl (C=O) groups excluding carboxylic acids is 3. The van der Waals surface area contributed by atoms with E-state index in [0.717, 1.165) is 5.69 Å². The minimum Gasteiger partial charge on any atom is -0.366 e. The van der Waals surface area contributed by atoms with Gasteiger partial charge >= 0.3 is 0 Å². The highest BCUT2D eigenvalue weighted by atomic mass is 16.2. The van der Waals surface area contributed by atoms with Crippen molar-refractivity contribution in [2.75, 3.05) is 16.8 Å². The molecule has 1 heterocycles. The number of benzene rings is 2. The second-order valence-corrected chi connectivity index (χ2v) is 5.64. The number of primary amides is 1. The van der Waals surface area contributed by atoms with Crippen molar-refractivity contribution in [3.8, 4) is 0 Å². The maximum absolute atomic E-state index is 12.5. The summed E-state index contributed by atoms with van der Waals surface area (Å²) in [6, 6.07) is 15.8. The highest BCUT2D eigenvalue weighted by Gasteiger charge is 2.35. The molecule has 0 saturated carbocycles. The number of rotatable bonds is 4. The van der Waals surface area contributed by atoms with Gasteiger partial charge in [-0.3, -0.25) is 14.4 Å². The number of carbonyl (C=O) groups is 3. The lowest BCUT2D eigenvalue weighted by Gasteiger charge is -2.16. The zero-order chi connectivity index (χ0) is 17.1. The molecule has 1 aliphatic rings. The fraction of sp³-hybridized carbons (Fsp3) is 0.167. The molecule has 3 rings (SSSR count). The van der Waals surface area contributed by atoms with E-state index >= 15 is 0 Å². The normalized spacial score (nSPS) is 16.9. The zero-order valence-corrected chi connectivity index (χ0v) is 12.9. The molecule has 0 aliphatic carbocycles. The van der Waals surface area contributed by atoms with Gasteiger partial charge in [-0.25, -0.2) is 0 Å². The highest BCUT2D eigenvalue weighted by Crippen LogP contribution is 2.26. The van der Waals surface area contributed by atoms with Crippen molar-refractivity contribution < 1.29 is 14.4 Å². The maximum atomic E-state index is 12.5. The van der Waals surface area contributed by atoms with Crippen molar-refractivity contribution >= 4 is 29.1 Å². The predicted molar refractivity (Wildman–Crippen MR) is 90.5 cm³/mol. The molecule has 0 radical (unpaired) electrons. The SMILES string of the molecule is NC(=O)c1ccccc1NC(=O)[C@@H]1CC(=O)N(c2ccccc2)C1. The van der Waals surface area contributed by atoms with Gasteiger partial charge in [-0.05, 0) is 24.3 Å². The molecule has 1 fully saturated rings. The summed E-state index contributed by atoms with van der Waals surface area (Å²) >= 11 is 0. The topological polar surface area (TPSA) is 92.5 Å². The van der Waals surface area contributed by atoms with E-state index in [-0.39, 0.29) is 23.8 Å². The molecule has 122 valence electrons. The lowest BCUT2D eigenvalue weighted by atomic mass is 10.1. The number of para-hydroxylation sites is 2. The summed E-state index contributed by atoms with van der Waals surface area (Å²) in [4.78, 5) is 37.7. The van der Waals surface area contributed by atoms with Gasteiger partial charge in [0.1, 0.15) is 0 Å². The van der Waals surface area contributed by atoms with Crippen molar-refractivity contribution in [3.05, 3.63) is 60.2 Å². The first kappa shape index (κ1) is 15.7. The van der Waals surface area contributed by atoms with Crippen molar-refractivity contribution in [2.24, 2.45) is 11.7 Å². The van der Waals surface area contributed by atoms with Gasteiger partial charge in [0.15, 0.2) is 0 Å². The van der Waals surface area contributed by atoms with Crippen molar-refractivity contribution in [2.45, 2.75) is 6.42 Å². The molecule has 0 unspecified atom stereocenters. The monoisotopic (exact) mass is 323 g/mol. The van der Waals surface area contributed by atoms with Crippen LogP contribution in [0.4, 0.5) is 11.4 Å². The van der Waals surface area contributed by atoms with Gasteiger partial charge in [0.25, 0.3) is 5.91 Å². The molecule has 3 N–H and O–H groups in total. The number of hydrogen-bond donors (Lipinski definition) is 2. The fourth-order valence-corrected chi connectivity index (χ4v) is 2.78. The van der Waals surface area contributed by atoms with Gasteiger partial charge in [-0.1, -0.05) is 30.3 Å². The Morgan fingerprint density at radius 1 is 1.04 bits per heavy atom. The van der Waals surface area contributed by atoms with E-state index in [0.29, 0.717) is 12.2 Å². The molecule has 0 bridgehead atoms. The Hall–Kier alpha value is -3.15. The molecule has 0 spiro atoms. The number of hydrogen-bond acceptors (Lipinski definition) is 3. The summed E-state index contributed by atoms with van der Waals surface area (Å²) < 4.78 is 0. The minimum atomic E-state index is -0.612. The van der Waals surface area contributed by atoms with Crippen LogP contribution in [-0.4, -0.2) is 24.3 Å². The van der Waals surface area contributed by atoms with E-state index in [4.69, 9.17) is 5.73 Å². The smallest absolute Gasteiger partial charge is 0.250 e. The Morgan fingerprint density at radius 3 is 2.42 bits per heavy atom. The van der Waals surface area contributed by atoms with E-state index in [9.17, 15) is 14.4 Å². The van der Waals surface area contributed by atoms with Gasteiger partial charge < -0.3 is 16.0 Å². The van der Waals surface area contributed by atoms with Gasteiger partial charge in [0, 0.05) is 18.7 Å². The second kappa shape index (κ2) is 6.54. The fourth-order valence-electron chi connectivity index (χ4n) is 2.78. The first-order valence-electron chi connectivity index (χ1n) is 7.61. The highest BCUT2D eigenvalue weighted by molar-refractivity contribution is 6.06. The first-order chi connectivity index (χ1) is 11.6. The van der Waals surface area contributed by atoms with Gasteiger partial charge in [0.2, 0.25) is 11.8 Å². The van der Waals surface area contributed by atoms with E-state index < -0.39 is 11.8 Å². The second-order valence-electron chi connectivity index (χ2n) is 5.64. The van der Waals surface area contributed by atoms with E-state index in [1.165, 1.54) is 0 Å². The Labute approximate surface area is 139 Å². The van der Waals surface area contributed by atoms with Gasteiger partial charge in [-0.15, -0.1) is 0 Å². The molecular weight excluding hydrogens is 306 g/mol. The molecular formula is C18H17N3O3. The molecule has 3 amide bonds. The number of nitrogens with one attached hydrogen (secondary N) is 1. The zero-order valence-electron chi connectivity index (χ0n) is 12.9. The van der Waals surface area contributed by atoms with Crippen LogP contribution in [0.5, 0.6) is 0 Å². The third kappa shape index (κ3) is 3.12. The number of nitrogens with two attached hydrogens (primary N) is 1. The molecule has 24 heavy (non-hydrogen) atoms. The molecule has 2 aromatic rings. The van der Waals surface area contributed by atoms with Crippen LogP contribution in [0, 0.1) is 5.92 Å². The van der Waals surface area contributed by atoms with Crippen LogP contribution in [0.3, 0.4) is 0 Å². The van der Waals surface area contributed by atoms with Crippen LogP contribution in [0.25, 0.3) is 0 Å². The Kier molecular flexibility index (Phi) is 4.29. The molecule has 0 aromatic heterocycles. The van der Waals surface area contributed by atoms with Crippen LogP contribution < -0.4 is 16.0 Å². The standard InChI is InChI=1S/C18H17N3O3/c19-17(23)14-8-4-5-9-15(14)20-18(24)12-10-16(22)21(11-12)13-6-2-1-3-7-13/h1-9,12H,10-11H2,(H2,19,23)(H,20,24)/t12-/m1/s1. The van der Waals surface area contributed by atoms with E-state index in [1.54, 1.807) is 29.2 Å². The Bertz CT molecular complexity index is 789. The van der Waals surface area contributed by atoms with E-state index in [1.807, 2.05) is 30.3 Å². The predicted octanol–water partition coefficient (Wildman–Crippen LogP) is 1.78. The van der Waals surface area contributed by atoms with E-state index in [2.05, 4.69) is 5.32 Å². The average Bonchev–Trinajstić information content (AvgIpc) is 2.98. The maximum Gasteiger partial charge on any atom is 0.250 e. The van der Waals surface area contributed by atoms with Gasteiger partial charge in [0.05, 0.1) is 17.2 Å². The summed E-state index contributed by atoms with van der Waals surface area (Å²) in [7, 11) is 0. The molecule has 1 aliphatic heterocycles. The quantitative estimate of drug-likeness (QED) is 0.898. The summed E-state index contributed by atoms with van der Waals surface area (Å²) in [6.07, 6.45) is 0.138.